The van der Waals surface area contributed by atoms with E-state index in [1.807, 2.05) is 39.8 Å². The summed E-state index contributed by atoms with van der Waals surface area (Å²) >= 11 is 0. The van der Waals surface area contributed by atoms with E-state index < -0.39 is 18.0 Å². The maximum Gasteiger partial charge on any atom is 0.306 e. The van der Waals surface area contributed by atoms with Gasteiger partial charge in [0.25, 0.3) is 17.7 Å². The highest BCUT2D eigenvalue weighted by molar-refractivity contribution is 6.21. The number of nitrogens with zero attached hydrogens (tertiary/aromatic N) is 1. The highest BCUT2D eigenvalue weighted by Gasteiger charge is 2.35. The molecule has 1 aliphatic heterocycles. The smallest absolute Gasteiger partial charge is 0.306 e. The van der Waals surface area contributed by atoms with Crippen molar-refractivity contribution in [3.05, 3.63) is 63.7 Å². The molecule has 1 atom stereocenters. The molecule has 0 bridgehead atoms. The Hall–Kier alpha value is -3.48. The summed E-state index contributed by atoms with van der Waals surface area (Å²) in [7, 11) is 0. The molecule has 168 valence electrons. The minimum Gasteiger partial charge on any atom is -0.453 e. The van der Waals surface area contributed by atoms with Crippen molar-refractivity contribution < 1.29 is 23.9 Å². The molecule has 1 N–H and O–H groups in total. The fraction of sp³-hybridized carbons (Fsp3) is 0.360. The molecule has 0 aliphatic carbocycles. The molecule has 7 nitrogen and oxygen atoms in total. The van der Waals surface area contributed by atoms with Crippen LogP contribution in [-0.4, -0.2) is 41.2 Å². The average Bonchev–Trinajstić information content (AvgIpc) is 2.94. The Bertz CT molecular complexity index is 1080. The van der Waals surface area contributed by atoms with Crippen molar-refractivity contribution in [1.82, 2.24) is 4.90 Å². The van der Waals surface area contributed by atoms with Gasteiger partial charge < -0.3 is 10.1 Å². The van der Waals surface area contributed by atoms with Gasteiger partial charge in [-0.15, -0.1) is 0 Å². The lowest BCUT2D eigenvalue weighted by molar-refractivity contribution is -0.153. The van der Waals surface area contributed by atoms with Crippen molar-refractivity contribution in [3.8, 4) is 0 Å². The molecular weight excluding hydrogens is 408 g/mol. The van der Waals surface area contributed by atoms with Crippen LogP contribution in [0.25, 0.3) is 0 Å². The van der Waals surface area contributed by atoms with Crippen LogP contribution in [0, 0.1) is 27.7 Å². The van der Waals surface area contributed by atoms with E-state index >= 15 is 0 Å². The number of fused-ring (bicyclic) bond motifs is 1. The Morgan fingerprint density at radius 2 is 1.56 bits per heavy atom. The molecule has 3 amide bonds. The SMILES string of the molecule is Cc1cc(C)c(NC(=O)C(C)OC(=O)CCCN2C(=O)c3ccc(C)cc3C2=O)c(C)c1. The highest BCUT2D eigenvalue weighted by atomic mass is 16.5. The summed E-state index contributed by atoms with van der Waals surface area (Å²) in [5.41, 5.74) is 5.37. The van der Waals surface area contributed by atoms with Crippen molar-refractivity contribution in [1.29, 1.82) is 0 Å². The van der Waals surface area contributed by atoms with Crippen LogP contribution in [-0.2, 0) is 14.3 Å². The van der Waals surface area contributed by atoms with Gasteiger partial charge in [0.2, 0.25) is 0 Å². The van der Waals surface area contributed by atoms with Crippen LogP contribution in [0.1, 0.15) is 62.7 Å². The van der Waals surface area contributed by atoms with E-state index in [9.17, 15) is 19.2 Å². The number of carbonyl (C=O) groups excluding carboxylic acids is 4. The molecule has 3 rings (SSSR count). The quantitative estimate of drug-likeness (QED) is 0.525. The maximum atomic E-state index is 12.5. The van der Waals surface area contributed by atoms with E-state index in [1.165, 1.54) is 6.92 Å². The first-order valence-electron chi connectivity index (χ1n) is 10.6. The predicted molar refractivity (Wildman–Crippen MR) is 121 cm³/mol. The lowest BCUT2D eigenvalue weighted by Gasteiger charge is -2.17. The lowest BCUT2D eigenvalue weighted by atomic mass is 10.0. The molecular formula is C25H28N2O5. The van der Waals surface area contributed by atoms with Gasteiger partial charge in [-0.05, 0) is 64.3 Å². The van der Waals surface area contributed by atoms with Crippen LogP contribution in [0.2, 0.25) is 0 Å². The van der Waals surface area contributed by atoms with Crippen LogP contribution in [0.5, 0.6) is 0 Å². The number of nitrogens with one attached hydrogen (secondary N) is 1. The van der Waals surface area contributed by atoms with E-state index in [0.29, 0.717) is 16.8 Å². The Kier molecular flexibility index (Phi) is 6.77. The lowest BCUT2D eigenvalue weighted by Crippen LogP contribution is -2.32. The number of hydrogen-bond donors (Lipinski definition) is 1. The van der Waals surface area contributed by atoms with Gasteiger partial charge in [-0.1, -0.05) is 29.3 Å². The summed E-state index contributed by atoms with van der Waals surface area (Å²) in [6.07, 6.45) is -0.717. The molecule has 1 unspecified atom stereocenters. The first kappa shape index (κ1) is 23.2. The zero-order valence-corrected chi connectivity index (χ0v) is 19.1. The molecule has 32 heavy (non-hydrogen) atoms. The van der Waals surface area contributed by atoms with Crippen LogP contribution in [0.15, 0.2) is 30.3 Å². The number of imide groups is 1. The number of benzene rings is 2. The molecule has 2 aromatic rings. The summed E-state index contributed by atoms with van der Waals surface area (Å²) < 4.78 is 5.24. The van der Waals surface area contributed by atoms with Crippen LogP contribution in [0.3, 0.4) is 0 Å². The summed E-state index contributed by atoms with van der Waals surface area (Å²) in [4.78, 5) is 50.8. The molecule has 0 aromatic heterocycles. The third-order valence-electron chi connectivity index (χ3n) is 5.49. The third-order valence-corrected chi connectivity index (χ3v) is 5.49. The zero-order valence-electron chi connectivity index (χ0n) is 19.1. The van der Waals surface area contributed by atoms with E-state index in [0.717, 1.165) is 27.2 Å². The fourth-order valence-corrected chi connectivity index (χ4v) is 3.90. The van der Waals surface area contributed by atoms with Gasteiger partial charge >= 0.3 is 5.97 Å². The van der Waals surface area contributed by atoms with Crippen LogP contribution in [0.4, 0.5) is 5.69 Å². The number of anilines is 1. The first-order valence-corrected chi connectivity index (χ1v) is 10.6. The molecule has 2 aromatic carbocycles. The van der Waals surface area contributed by atoms with E-state index in [4.69, 9.17) is 4.74 Å². The highest BCUT2D eigenvalue weighted by Crippen LogP contribution is 2.24. The number of rotatable bonds is 7. The molecule has 1 heterocycles. The Morgan fingerprint density at radius 3 is 2.22 bits per heavy atom. The summed E-state index contributed by atoms with van der Waals surface area (Å²) in [5.74, 6) is -1.67. The summed E-state index contributed by atoms with van der Waals surface area (Å²) in [5, 5.41) is 2.82. The Morgan fingerprint density at radius 1 is 0.938 bits per heavy atom. The van der Waals surface area contributed by atoms with Gasteiger partial charge in [0, 0.05) is 18.7 Å². The minimum atomic E-state index is -0.968. The summed E-state index contributed by atoms with van der Waals surface area (Å²) in [6, 6.07) is 9.08. The van der Waals surface area contributed by atoms with E-state index in [1.54, 1.807) is 18.2 Å². The number of amides is 3. The van der Waals surface area contributed by atoms with E-state index in [-0.39, 0.29) is 31.2 Å². The Labute approximate surface area is 187 Å². The normalized spacial score (nSPS) is 13.7. The van der Waals surface area contributed by atoms with Crippen molar-refractivity contribution >= 4 is 29.4 Å². The van der Waals surface area contributed by atoms with Crippen LogP contribution < -0.4 is 5.32 Å². The second-order valence-corrected chi connectivity index (χ2v) is 8.31. The van der Waals surface area contributed by atoms with Gasteiger partial charge in [-0.25, -0.2) is 0 Å². The topological polar surface area (TPSA) is 92.8 Å². The van der Waals surface area contributed by atoms with Gasteiger partial charge in [0.15, 0.2) is 6.10 Å². The second kappa shape index (κ2) is 9.34. The maximum absolute atomic E-state index is 12.5. The standard InChI is InChI=1S/C25H28N2O5/c1-14-8-9-19-20(13-14)25(31)27(24(19)30)10-6-7-21(28)32-18(5)23(29)26-22-16(3)11-15(2)12-17(22)4/h8-9,11-13,18H,6-7,10H2,1-5H3,(H,26,29). The molecule has 0 fully saturated rings. The minimum absolute atomic E-state index is 0.00730. The number of carbonyl (C=O) groups is 4. The van der Waals surface area contributed by atoms with Gasteiger partial charge in [-0.2, -0.15) is 0 Å². The predicted octanol–water partition coefficient (Wildman–Crippen LogP) is 3.87. The largest absolute Gasteiger partial charge is 0.453 e. The molecule has 0 radical (unpaired) electrons. The first-order chi connectivity index (χ1) is 15.1. The molecule has 0 saturated carbocycles. The molecule has 7 heteroatoms. The third kappa shape index (κ3) is 4.88. The summed E-state index contributed by atoms with van der Waals surface area (Å²) in [6.45, 7) is 9.29. The van der Waals surface area contributed by atoms with Gasteiger partial charge in [0.05, 0.1) is 11.1 Å². The fourth-order valence-electron chi connectivity index (χ4n) is 3.90. The molecule has 0 spiro atoms. The van der Waals surface area contributed by atoms with Crippen molar-refractivity contribution in [2.75, 3.05) is 11.9 Å². The van der Waals surface area contributed by atoms with Gasteiger partial charge in [0.1, 0.15) is 0 Å². The monoisotopic (exact) mass is 436 g/mol. The number of esters is 1. The molecule has 1 aliphatic rings. The van der Waals surface area contributed by atoms with Gasteiger partial charge in [-0.3, -0.25) is 24.1 Å². The van der Waals surface area contributed by atoms with Crippen molar-refractivity contribution in [2.45, 2.75) is 53.6 Å². The number of hydrogen-bond acceptors (Lipinski definition) is 5. The van der Waals surface area contributed by atoms with Crippen molar-refractivity contribution in [3.63, 3.8) is 0 Å². The zero-order chi connectivity index (χ0) is 23.6. The number of aryl methyl sites for hydroxylation is 4. The second-order valence-electron chi connectivity index (χ2n) is 8.31. The van der Waals surface area contributed by atoms with E-state index in [2.05, 4.69) is 5.32 Å². The average molecular weight is 437 g/mol. The number of ether oxygens (including phenoxy) is 1. The Balaban J connectivity index is 1.49. The molecule has 0 saturated heterocycles. The van der Waals surface area contributed by atoms with Crippen molar-refractivity contribution in [2.24, 2.45) is 0 Å². The van der Waals surface area contributed by atoms with Crippen LogP contribution >= 0.6 is 0 Å².